The predicted molar refractivity (Wildman–Crippen MR) is 112 cm³/mol. The molecule has 6 heteroatoms. The number of nitrogens with zero attached hydrogens (tertiary/aromatic N) is 2. The maximum Gasteiger partial charge on any atom is 0.242 e. The molecule has 0 fully saturated rings. The molecule has 0 atom stereocenters. The Morgan fingerprint density at radius 2 is 1.72 bits per heavy atom. The summed E-state index contributed by atoms with van der Waals surface area (Å²) in [5, 5.41) is 0. The van der Waals surface area contributed by atoms with Crippen LogP contribution >= 0.6 is 0 Å². The summed E-state index contributed by atoms with van der Waals surface area (Å²) < 4.78 is 11.0. The quantitative estimate of drug-likeness (QED) is 0.509. The van der Waals surface area contributed by atoms with Crippen LogP contribution in [0.3, 0.4) is 0 Å². The molecule has 0 aliphatic rings. The van der Waals surface area contributed by atoms with Crippen LogP contribution in [0.5, 0.6) is 0 Å². The lowest BCUT2D eigenvalue weighted by atomic mass is 10.2. The minimum absolute atomic E-state index is 0.0247. The third-order valence-corrected chi connectivity index (χ3v) is 4.61. The van der Waals surface area contributed by atoms with E-state index >= 15 is 0 Å². The van der Waals surface area contributed by atoms with E-state index in [4.69, 9.17) is 9.15 Å². The Kier molecular flexibility index (Phi) is 9.44. The third kappa shape index (κ3) is 7.74. The van der Waals surface area contributed by atoms with Crippen LogP contribution in [-0.4, -0.2) is 47.9 Å². The van der Waals surface area contributed by atoms with Gasteiger partial charge in [0.15, 0.2) is 0 Å². The summed E-state index contributed by atoms with van der Waals surface area (Å²) in [5.41, 5.74) is 1.04. The van der Waals surface area contributed by atoms with Gasteiger partial charge in [0.1, 0.15) is 11.5 Å². The van der Waals surface area contributed by atoms with E-state index in [-0.39, 0.29) is 18.4 Å². The fraction of sp³-hybridized carbons (Fsp3) is 0.478. The maximum atomic E-state index is 13.1. The number of hydrogen-bond acceptors (Lipinski definition) is 4. The molecule has 0 saturated carbocycles. The van der Waals surface area contributed by atoms with Crippen molar-refractivity contribution in [2.45, 2.75) is 46.7 Å². The van der Waals surface area contributed by atoms with E-state index in [0.717, 1.165) is 17.1 Å². The first kappa shape index (κ1) is 22.7. The fourth-order valence-electron chi connectivity index (χ4n) is 3.07. The van der Waals surface area contributed by atoms with Crippen LogP contribution < -0.4 is 0 Å². The molecule has 6 nitrogen and oxygen atoms in total. The van der Waals surface area contributed by atoms with Crippen molar-refractivity contribution < 1.29 is 18.7 Å². The monoisotopic (exact) mass is 400 g/mol. The Bertz CT molecular complexity index is 757. The molecule has 2 amide bonds. The van der Waals surface area contributed by atoms with Gasteiger partial charge in [-0.3, -0.25) is 9.59 Å². The number of furan rings is 1. The Labute approximate surface area is 173 Å². The molecular weight excluding hydrogens is 368 g/mol. The first-order valence-corrected chi connectivity index (χ1v) is 10.3. The van der Waals surface area contributed by atoms with Crippen molar-refractivity contribution in [3.05, 3.63) is 59.5 Å². The minimum Gasteiger partial charge on any atom is -0.464 e. The SMILES string of the molecule is CCOCCCN(CC(=O)N(Cc1ccccc1)Cc1ccc(C)o1)C(=O)CC. The Hall–Kier alpha value is -2.60. The summed E-state index contributed by atoms with van der Waals surface area (Å²) in [4.78, 5) is 28.9. The van der Waals surface area contributed by atoms with E-state index in [1.54, 1.807) is 9.80 Å². The Morgan fingerprint density at radius 1 is 0.966 bits per heavy atom. The first-order chi connectivity index (χ1) is 14.0. The molecule has 1 aromatic carbocycles. The van der Waals surface area contributed by atoms with Gasteiger partial charge in [-0.15, -0.1) is 0 Å². The van der Waals surface area contributed by atoms with E-state index in [9.17, 15) is 9.59 Å². The smallest absolute Gasteiger partial charge is 0.242 e. The summed E-state index contributed by atoms with van der Waals surface area (Å²) in [7, 11) is 0. The molecule has 0 radical (unpaired) electrons. The molecule has 158 valence electrons. The molecule has 29 heavy (non-hydrogen) atoms. The van der Waals surface area contributed by atoms with Gasteiger partial charge >= 0.3 is 0 Å². The lowest BCUT2D eigenvalue weighted by Crippen LogP contribution is -2.42. The molecule has 0 saturated heterocycles. The Morgan fingerprint density at radius 3 is 2.34 bits per heavy atom. The number of hydrogen-bond donors (Lipinski definition) is 0. The van der Waals surface area contributed by atoms with E-state index in [1.165, 1.54) is 0 Å². The molecule has 0 spiro atoms. The highest BCUT2D eigenvalue weighted by Crippen LogP contribution is 2.14. The van der Waals surface area contributed by atoms with Crippen molar-refractivity contribution >= 4 is 11.8 Å². The van der Waals surface area contributed by atoms with Crippen LogP contribution in [0.4, 0.5) is 0 Å². The molecule has 0 aliphatic heterocycles. The number of ether oxygens (including phenoxy) is 1. The lowest BCUT2D eigenvalue weighted by Gasteiger charge is -2.27. The van der Waals surface area contributed by atoms with Crippen LogP contribution in [0.15, 0.2) is 46.9 Å². The first-order valence-electron chi connectivity index (χ1n) is 10.3. The van der Waals surface area contributed by atoms with Gasteiger partial charge in [-0.2, -0.15) is 0 Å². The fourth-order valence-corrected chi connectivity index (χ4v) is 3.07. The normalized spacial score (nSPS) is 10.7. The van der Waals surface area contributed by atoms with Gasteiger partial charge in [-0.1, -0.05) is 37.3 Å². The molecule has 0 bridgehead atoms. The average molecular weight is 401 g/mol. The zero-order valence-electron chi connectivity index (χ0n) is 17.7. The molecule has 1 aromatic heterocycles. The van der Waals surface area contributed by atoms with Gasteiger partial charge < -0.3 is 19.0 Å². The van der Waals surface area contributed by atoms with Gasteiger partial charge in [0.25, 0.3) is 0 Å². The topological polar surface area (TPSA) is 63.0 Å². The summed E-state index contributed by atoms with van der Waals surface area (Å²) in [6.45, 7) is 8.27. The van der Waals surface area contributed by atoms with Crippen molar-refractivity contribution in [1.82, 2.24) is 9.80 Å². The van der Waals surface area contributed by atoms with Crippen molar-refractivity contribution in [3.8, 4) is 0 Å². The number of benzene rings is 1. The summed E-state index contributed by atoms with van der Waals surface area (Å²) in [5.74, 6) is 1.42. The van der Waals surface area contributed by atoms with Gasteiger partial charge in [-0.05, 0) is 38.0 Å². The standard InChI is InChI=1S/C23H32N2O4/c1-4-22(26)24(14-9-15-28-5-2)18-23(27)25(16-20-10-7-6-8-11-20)17-21-13-12-19(3)29-21/h6-8,10-13H,4-5,9,14-18H2,1-3H3. The van der Waals surface area contributed by atoms with Crippen LogP contribution in [0, 0.1) is 6.92 Å². The average Bonchev–Trinajstić information content (AvgIpc) is 3.14. The van der Waals surface area contributed by atoms with E-state index in [1.807, 2.05) is 63.2 Å². The van der Waals surface area contributed by atoms with Gasteiger partial charge in [0.05, 0.1) is 13.1 Å². The van der Waals surface area contributed by atoms with Gasteiger partial charge in [0, 0.05) is 32.7 Å². The van der Waals surface area contributed by atoms with Gasteiger partial charge in [0.2, 0.25) is 11.8 Å². The highest BCUT2D eigenvalue weighted by molar-refractivity contribution is 5.84. The van der Waals surface area contributed by atoms with Crippen molar-refractivity contribution in [1.29, 1.82) is 0 Å². The van der Waals surface area contributed by atoms with Crippen molar-refractivity contribution in [2.24, 2.45) is 0 Å². The van der Waals surface area contributed by atoms with E-state index in [0.29, 0.717) is 45.7 Å². The van der Waals surface area contributed by atoms with E-state index < -0.39 is 0 Å². The number of rotatable bonds is 12. The Balaban J connectivity index is 2.09. The lowest BCUT2D eigenvalue weighted by molar-refractivity contribution is -0.141. The summed E-state index contributed by atoms with van der Waals surface area (Å²) in [6.07, 6.45) is 1.08. The van der Waals surface area contributed by atoms with Crippen LogP contribution in [0.1, 0.15) is 43.8 Å². The number of aryl methyl sites for hydroxylation is 1. The maximum absolute atomic E-state index is 13.1. The van der Waals surface area contributed by atoms with E-state index in [2.05, 4.69) is 0 Å². The van der Waals surface area contributed by atoms with Crippen molar-refractivity contribution in [2.75, 3.05) is 26.3 Å². The minimum atomic E-state index is -0.0962. The summed E-state index contributed by atoms with van der Waals surface area (Å²) in [6, 6.07) is 13.6. The highest BCUT2D eigenvalue weighted by Gasteiger charge is 2.21. The second kappa shape index (κ2) is 12.1. The van der Waals surface area contributed by atoms with Crippen LogP contribution in [0.2, 0.25) is 0 Å². The van der Waals surface area contributed by atoms with Crippen molar-refractivity contribution in [3.63, 3.8) is 0 Å². The van der Waals surface area contributed by atoms with Crippen LogP contribution in [-0.2, 0) is 27.4 Å². The molecule has 0 unspecified atom stereocenters. The predicted octanol–water partition coefficient (Wildman–Crippen LogP) is 3.78. The van der Waals surface area contributed by atoms with Crippen LogP contribution in [0.25, 0.3) is 0 Å². The molecule has 0 aliphatic carbocycles. The largest absolute Gasteiger partial charge is 0.464 e. The molecule has 2 aromatic rings. The van der Waals surface area contributed by atoms with Gasteiger partial charge in [-0.25, -0.2) is 0 Å². The molecule has 0 N–H and O–H groups in total. The molecular formula is C23H32N2O4. The second-order valence-corrected chi connectivity index (χ2v) is 6.97. The zero-order chi connectivity index (χ0) is 21.1. The molecule has 1 heterocycles. The third-order valence-electron chi connectivity index (χ3n) is 4.61. The summed E-state index contributed by atoms with van der Waals surface area (Å²) >= 11 is 0. The number of carbonyl (C=O) groups is 2. The zero-order valence-corrected chi connectivity index (χ0v) is 17.7. The molecule has 2 rings (SSSR count). The number of carbonyl (C=O) groups excluding carboxylic acids is 2. The highest BCUT2D eigenvalue weighted by atomic mass is 16.5. The number of amides is 2. The second-order valence-electron chi connectivity index (χ2n) is 6.97.